The van der Waals surface area contributed by atoms with Crippen LogP contribution in [0.2, 0.25) is 0 Å². The molecule has 0 spiro atoms. The summed E-state index contributed by atoms with van der Waals surface area (Å²) < 4.78 is 6.50. The van der Waals surface area contributed by atoms with Crippen LogP contribution in [0.5, 0.6) is 5.75 Å². The number of rotatable bonds is 3. The van der Waals surface area contributed by atoms with E-state index in [9.17, 15) is 4.79 Å². The van der Waals surface area contributed by atoms with Crippen LogP contribution >= 0.6 is 15.9 Å². The van der Waals surface area contributed by atoms with Gasteiger partial charge in [0.25, 0.3) is 5.91 Å². The fourth-order valence-electron chi connectivity index (χ4n) is 2.25. The van der Waals surface area contributed by atoms with Crippen LogP contribution in [-0.2, 0) is 4.79 Å². The predicted molar refractivity (Wildman–Crippen MR) is 79.1 cm³/mol. The molecule has 1 fully saturated rings. The van der Waals surface area contributed by atoms with Gasteiger partial charge >= 0.3 is 0 Å². The predicted octanol–water partition coefficient (Wildman–Crippen LogP) is 2.81. The third kappa shape index (κ3) is 3.41. The zero-order valence-corrected chi connectivity index (χ0v) is 12.6. The molecule has 1 saturated heterocycles. The van der Waals surface area contributed by atoms with Gasteiger partial charge in [-0.3, -0.25) is 4.79 Å². The first kappa shape index (κ1) is 14.2. The molecule has 0 bridgehead atoms. The molecule has 1 aromatic carbocycles. The van der Waals surface area contributed by atoms with Gasteiger partial charge in [-0.2, -0.15) is 0 Å². The zero-order valence-electron chi connectivity index (χ0n) is 11.1. The van der Waals surface area contributed by atoms with Gasteiger partial charge in [0, 0.05) is 13.1 Å². The van der Waals surface area contributed by atoms with Gasteiger partial charge in [-0.1, -0.05) is 6.07 Å². The molecule has 5 heteroatoms. The molecule has 1 heterocycles. The van der Waals surface area contributed by atoms with E-state index in [0.29, 0.717) is 11.4 Å². The van der Waals surface area contributed by atoms with Crippen LogP contribution < -0.4 is 10.5 Å². The lowest BCUT2D eigenvalue weighted by atomic mass is 10.1. The number of ether oxygens (including phenoxy) is 1. The number of nitrogen functional groups attached to an aromatic ring is 1. The number of piperidine rings is 1. The fourth-order valence-corrected chi connectivity index (χ4v) is 2.72. The zero-order chi connectivity index (χ0) is 13.8. The lowest BCUT2D eigenvalue weighted by molar-refractivity contribution is -0.138. The smallest absolute Gasteiger partial charge is 0.263 e. The van der Waals surface area contributed by atoms with Crippen LogP contribution in [0.15, 0.2) is 22.7 Å². The van der Waals surface area contributed by atoms with Gasteiger partial charge in [0.2, 0.25) is 0 Å². The van der Waals surface area contributed by atoms with Crippen molar-refractivity contribution >= 4 is 27.5 Å². The van der Waals surface area contributed by atoms with Crippen molar-refractivity contribution in [2.45, 2.75) is 32.3 Å². The second-order valence-corrected chi connectivity index (χ2v) is 5.66. The van der Waals surface area contributed by atoms with Gasteiger partial charge in [-0.25, -0.2) is 0 Å². The highest BCUT2D eigenvalue weighted by Crippen LogP contribution is 2.32. The number of halogens is 1. The van der Waals surface area contributed by atoms with Crippen LogP contribution in [0, 0.1) is 0 Å². The maximum Gasteiger partial charge on any atom is 0.263 e. The Labute approximate surface area is 122 Å². The van der Waals surface area contributed by atoms with E-state index in [1.165, 1.54) is 6.42 Å². The maximum atomic E-state index is 12.3. The van der Waals surface area contributed by atoms with Crippen molar-refractivity contribution in [2.24, 2.45) is 0 Å². The summed E-state index contributed by atoms with van der Waals surface area (Å²) in [5.41, 5.74) is 6.40. The van der Waals surface area contributed by atoms with Crippen molar-refractivity contribution < 1.29 is 9.53 Å². The van der Waals surface area contributed by atoms with Gasteiger partial charge in [0.1, 0.15) is 0 Å². The molecule has 104 valence electrons. The second-order valence-electron chi connectivity index (χ2n) is 4.80. The summed E-state index contributed by atoms with van der Waals surface area (Å²) in [6, 6.07) is 5.45. The summed E-state index contributed by atoms with van der Waals surface area (Å²) in [4.78, 5) is 14.1. The molecular weight excluding hydrogens is 308 g/mol. The normalized spacial score (nSPS) is 17.1. The molecule has 1 atom stereocenters. The molecule has 0 saturated carbocycles. The third-order valence-electron chi connectivity index (χ3n) is 3.31. The minimum Gasteiger partial charge on any atom is -0.478 e. The molecule has 0 aromatic heterocycles. The van der Waals surface area contributed by atoms with Gasteiger partial charge in [0.15, 0.2) is 11.9 Å². The van der Waals surface area contributed by atoms with E-state index >= 15 is 0 Å². The average Bonchev–Trinajstić information content (AvgIpc) is 2.43. The van der Waals surface area contributed by atoms with Crippen LogP contribution in [0.25, 0.3) is 0 Å². The standard InChI is InChI=1S/C14H19BrN2O2/c1-10(14(18)17-8-3-2-4-9-17)19-13-11(15)6-5-7-12(13)16/h5-7,10H,2-4,8-9,16H2,1H3. The summed E-state index contributed by atoms with van der Waals surface area (Å²) in [6.45, 7) is 3.44. The van der Waals surface area contributed by atoms with Crippen LogP contribution in [-0.4, -0.2) is 30.0 Å². The number of carbonyl (C=O) groups is 1. The summed E-state index contributed by atoms with van der Waals surface area (Å²) in [5.74, 6) is 0.579. The van der Waals surface area contributed by atoms with E-state index in [-0.39, 0.29) is 5.91 Å². The monoisotopic (exact) mass is 326 g/mol. The van der Waals surface area contributed by atoms with Crippen molar-refractivity contribution in [3.63, 3.8) is 0 Å². The van der Waals surface area contributed by atoms with E-state index in [2.05, 4.69) is 15.9 Å². The minimum atomic E-state index is -0.515. The van der Waals surface area contributed by atoms with Crippen molar-refractivity contribution in [2.75, 3.05) is 18.8 Å². The number of hydrogen-bond acceptors (Lipinski definition) is 3. The van der Waals surface area contributed by atoms with E-state index in [1.54, 1.807) is 13.0 Å². The van der Waals surface area contributed by atoms with E-state index in [0.717, 1.165) is 30.4 Å². The van der Waals surface area contributed by atoms with E-state index in [4.69, 9.17) is 10.5 Å². The van der Waals surface area contributed by atoms with Gasteiger partial charge in [0.05, 0.1) is 10.2 Å². The molecular formula is C14H19BrN2O2. The Hall–Kier alpha value is -1.23. The van der Waals surface area contributed by atoms with Crippen LogP contribution in [0.4, 0.5) is 5.69 Å². The summed E-state index contributed by atoms with van der Waals surface area (Å²) in [7, 11) is 0. The van der Waals surface area contributed by atoms with Crippen LogP contribution in [0.1, 0.15) is 26.2 Å². The van der Waals surface area contributed by atoms with Crippen molar-refractivity contribution in [3.05, 3.63) is 22.7 Å². The first-order chi connectivity index (χ1) is 9.09. The summed E-state index contributed by atoms with van der Waals surface area (Å²) in [6.07, 6.45) is 2.85. The number of benzene rings is 1. The van der Waals surface area contributed by atoms with Crippen molar-refractivity contribution in [1.29, 1.82) is 0 Å². The number of para-hydroxylation sites is 1. The Balaban J connectivity index is 2.03. The number of carbonyl (C=O) groups excluding carboxylic acids is 1. The average molecular weight is 327 g/mol. The highest BCUT2D eigenvalue weighted by Gasteiger charge is 2.24. The SMILES string of the molecule is CC(Oc1c(N)cccc1Br)C(=O)N1CCCCC1. The van der Waals surface area contributed by atoms with Crippen molar-refractivity contribution in [3.8, 4) is 5.75 Å². The largest absolute Gasteiger partial charge is 0.478 e. The van der Waals surface area contributed by atoms with E-state index in [1.807, 2.05) is 17.0 Å². The molecule has 1 aliphatic heterocycles. The highest BCUT2D eigenvalue weighted by molar-refractivity contribution is 9.10. The van der Waals surface area contributed by atoms with Gasteiger partial charge in [-0.05, 0) is 54.2 Å². The Morgan fingerprint density at radius 1 is 1.37 bits per heavy atom. The molecule has 1 aromatic rings. The van der Waals surface area contributed by atoms with Crippen LogP contribution in [0.3, 0.4) is 0 Å². The minimum absolute atomic E-state index is 0.0369. The van der Waals surface area contributed by atoms with E-state index < -0.39 is 6.10 Å². The third-order valence-corrected chi connectivity index (χ3v) is 3.93. The number of anilines is 1. The van der Waals surface area contributed by atoms with Gasteiger partial charge < -0.3 is 15.4 Å². The molecule has 0 radical (unpaired) electrons. The summed E-state index contributed by atoms with van der Waals surface area (Å²) in [5, 5.41) is 0. The molecule has 4 nitrogen and oxygen atoms in total. The Morgan fingerprint density at radius 2 is 2.05 bits per heavy atom. The van der Waals surface area contributed by atoms with Gasteiger partial charge in [-0.15, -0.1) is 0 Å². The molecule has 1 amide bonds. The Bertz CT molecular complexity index is 439. The number of nitrogens with zero attached hydrogens (tertiary/aromatic N) is 1. The Kier molecular flexibility index (Phi) is 4.69. The molecule has 0 aliphatic carbocycles. The first-order valence-corrected chi connectivity index (χ1v) is 7.38. The molecule has 2 N–H and O–H groups in total. The summed E-state index contributed by atoms with van der Waals surface area (Å²) >= 11 is 3.39. The topological polar surface area (TPSA) is 55.6 Å². The second kappa shape index (κ2) is 6.28. The lowest BCUT2D eigenvalue weighted by Gasteiger charge is -2.29. The molecule has 1 aliphatic rings. The molecule has 19 heavy (non-hydrogen) atoms. The quantitative estimate of drug-likeness (QED) is 0.869. The highest BCUT2D eigenvalue weighted by atomic mass is 79.9. The lowest BCUT2D eigenvalue weighted by Crippen LogP contribution is -2.43. The maximum absolute atomic E-state index is 12.3. The molecule has 2 rings (SSSR count). The number of likely N-dealkylation sites (tertiary alicyclic amines) is 1. The number of amides is 1. The number of nitrogens with two attached hydrogens (primary N) is 1. The molecule has 1 unspecified atom stereocenters. The Morgan fingerprint density at radius 3 is 2.68 bits per heavy atom. The first-order valence-electron chi connectivity index (χ1n) is 6.59. The fraction of sp³-hybridized carbons (Fsp3) is 0.500. The number of hydrogen-bond donors (Lipinski definition) is 1. The van der Waals surface area contributed by atoms with Crippen molar-refractivity contribution in [1.82, 2.24) is 4.90 Å².